The fraction of sp³-hybridized carbons (Fsp3) is 0.500. The van der Waals surface area contributed by atoms with Gasteiger partial charge >= 0.3 is 5.97 Å². The van der Waals surface area contributed by atoms with Gasteiger partial charge in [-0.3, -0.25) is 9.59 Å². The number of carbonyl (C=O) groups excluding carboxylic acids is 1. The number of aliphatic carboxylic acids is 1. The van der Waals surface area contributed by atoms with Crippen LogP contribution in [0.2, 0.25) is 0 Å². The number of fused-ring (bicyclic) bond motifs is 2. The predicted molar refractivity (Wildman–Crippen MR) is 125 cm³/mol. The fourth-order valence-corrected chi connectivity index (χ4v) is 6.09. The van der Waals surface area contributed by atoms with Crippen molar-refractivity contribution in [3.63, 3.8) is 0 Å². The molecule has 3 heterocycles. The minimum Gasteiger partial charge on any atom is -0.481 e. The highest BCUT2D eigenvalue weighted by Gasteiger charge is 2.43. The van der Waals surface area contributed by atoms with Crippen LogP contribution in [-0.4, -0.2) is 44.6 Å². The number of piperidine rings is 1. The van der Waals surface area contributed by atoms with Gasteiger partial charge in [0.1, 0.15) is 0 Å². The van der Waals surface area contributed by atoms with E-state index in [1.54, 1.807) is 0 Å². The summed E-state index contributed by atoms with van der Waals surface area (Å²) in [5.41, 5.74) is 3.89. The number of carboxylic acids is 1. The van der Waals surface area contributed by atoms with Gasteiger partial charge in [-0.2, -0.15) is 0 Å². The monoisotopic (exact) mass is 449 g/mol. The van der Waals surface area contributed by atoms with Crippen molar-refractivity contribution < 1.29 is 19.2 Å². The molecule has 1 saturated heterocycles. The van der Waals surface area contributed by atoms with Crippen LogP contribution in [0.1, 0.15) is 62.6 Å². The van der Waals surface area contributed by atoms with Gasteiger partial charge in [-0.15, -0.1) is 0 Å². The number of hydrogen-bond acceptors (Lipinski definition) is 4. The molecule has 1 amide bonds. The number of amides is 1. The Morgan fingerprint density at radius 2 is 2.12 bits per heavy atom. The molecule has 1 aliphatic carbocycles. The summed E-state index contributed by atoms with van der Waals surface area (Å²) in [5.74, 6) is -0.0854. The third-order valence-corrected chi connectivity index (χ3v) is 7.64. The number of H-pyrrole nitrogens is 1. The highest BCUT2D eigenvalue weighted by Crippen LogP contribution is 2.41. The Bertz CT molecular complexity index is 1180. The fourth-order valence-electron chi connectivity index (χ4n) is 6.09. The number of nitrogens with zero attached hydrogens (tertiary/aromatic N) is 2. The molecule has 5 rings (SSSR count). The highest BCUT2D eigenvalue weighted by atomic mass is 16.5. The van der Waals surface area contributed by atoms with Gasteiger partial charge in [0.15, 0.2) is 5.76 Å². The lowest BCUT2D eigenvalue weighted by molar-refractivity contribution is -0.152. The van der Waals surface area contributed by atoms with Crippen molar-refractivity contribution >= 4 is 22.8 Å². The van der Waals surface area contributed by atoms with Crippen molar-refractivity contribution in [1.82, 2.24) is 15.0 Å². The zero-order chi connectivity index (χ0) is 23.1. The lowest BCUT2D eigenvalue weighted by Gasteiger charge is -2.46. The van der Waals surface area contributed by atoms with E-state index in [4.69, 9.17) is 4.52 Å². The van der Waals surface area contributed by atoms with Crippen LogP contribution in [0.5, 0.6) is 0 Å². The van der Waals surface area contributed by atoms with E-state index in [9.17, 15) is 14.7 Å². The number of carboxylic acid groups (broad SMARTS) is 1. The standard InChI is InChI=1S/C26H31N3O4/c1-15(12-24(30)29-11-5-8-17-18(26(31)32)6-4-10-22(17)29)20-14-27-21-9-3-7-19(25(20)21)23-13-16(2)28-33-23/h3,7,9,13-15,17-18,22,27H,4-6,8,10-12H2,1-2H3,(H,31,32). The minimum absolute atomic E-state index is 0.00987. The summed E-state index contributed by atoms with van der Waals surface area (Å²) in [6.45, 7) is 4.72. The molecule has 0 bridgehead atoms. The first kappa shape index (κ1) is 21.7. The van der Waals surface area contributed by atoms with E-state index in [-0.39, 0.29) is 29.7 Å². The maximum absolute atomic E-state index is 13.5. The van der Waals surface area contributed by atoms with Crippen molar-refractivity contribution in [2.45, 2.75) is 64.3 Å². The number of aromatic nitrogens is 2. The molecule has 4 unspecified atom stereocenters. The minimum atomic E-state index is -0.707. The van der Waals surface area contributed by atoms with E-state index < -0.39 is 5.97 Å². The number of rotatable bonds is 5. The van der Waals surface area contributed by atoms with Crippen molar-refractivity contribution in [3.05, 3.63) is 41.7 Å². The van der Waals surface area contributed by atoms with Crippen LogP contribution in [0.4, 0.5) is 0 Å². The molecule has 7 heteroatoms. The van der Waals surface area contributed by atoms with Crippen molar-refractivity contribution in [3.8, 4) is 11.3 Å². The molecule has 2 aromatic heterocycles. The second-order valence-corrected chi connectivity index (χ2v) is 9.75. The second kappa shape index (κ2) is 8.69. The smallest absolute Gasteiger partial charge is 0.306 e. The number of carbonyl (C=O) groups is 2. The summed E-state index contributed by atoms with van der Waals surface area (Å²) in [6.07, 6.45) is 6.70. The van der Waals surface area contributed by atoms with Gasteiger partial charge in [0.25, 0.3) is 0 Å². The molecule has 33 heavy (non-hydrogen) atoms. The van der Waals surface area contributed by atoms with Gasteiger partial charge in [-0.1, -0.05) is 30.6 Å². The van der Waals surface area contributed by atoms with Crippen LogP contribution in [0.15, 0.2) is 35.0 Å². The van der Waals surface area contributed by atoms with Crippen molar-refractivity contribution in [2.75, 3.05) is 6.54 Å². The maximum Gasteiger partial charge on any atom is 0.306 e. The van der Waals surface area contributed by atoms with Crippen LogP contribution >= 0.6 is 0 Å². The molecule has 4 atom stereocenters. The molecular weight excluding hydrogens is 418 g/mol. The molecule has 1 aromatic carbocycles. The van der Waals surface area contributed by atoms with E-state index in [0.29, 0.717) is 6.42 Å². The third kappa shape index (κ3) is 3.94. The van der Waals surface area contributed by atoms with E-state index >= 15 is 0 Å². The Morgan fingerprint density at radius 3 is 2.88 bits per heavy atom. The first-order chi connectivity index (χ1) is 15.9. The van der Waals surface area contributed by atoms with Crippen molar-refractivity contribution in [2.24, 2.45) is 11.8 Å². The largest absolute Gasteiger partial charge is 0.481 e. The molecule has 3 aromatic rings. The summed E-state index contributed by atoms with van der Waals surface area (Å²) < 4.78 is 5.54. The number of nitrogens with one attached hydrogen (secondary N) is 1. The van der Waals surface area contributed by atoms with Gasteiger partial charge < -0.3 is 19.5 Å². The SMILES string of the molecule is Cc1cc(-c2cccc3[nH]cc(C(C)CC(=O)N4CCCC5C(C(=O)O)CCCC54)c23)on1. The highest BCUT2D eigenvalue weighted by molar-refractivity contribution is 5.97. The first-order valence-corrected chi connectivity index (χ1v) is 12.0. The van der Waals surface area contributed by atoms with E-state index in [1.807, 2.05) is 42.3 Å². The Morgan fingerprint density at radius 1 is 1.27 bits per heavy atom. The summed E-state index contributed by atoms with van der Waals surface area (Å²) in [5, 5.41) is 14.8. The molecule has 1 aliphatic heterocycles. The maximum atomic E-state index is 13.5. The second-order valence-electron chi connectivity index (χ2n) is 9.75. The van der Waals surface area contributed by atoms with E-state index in [2.05, 4.69) is 17.1 Å². The molecule has 2 fully saturated rings. The number of aromatic amines is 1. The van der Waals surface area contributed by atoms with Crippen molar-refractivity contribution in [1.29, 1.82) is 0 Å². The quantitative estimate of drug-likeness (QED) is 0.563. The van der Waals surface area contributed by atoms with Crippen LogP contribution < -0.4 is 0 Å². The summed E-state index contributed by atoms with van der Waals surface area (Å²) in [7, 11) is 0. The molecular formula is C26H31N3O4. The molecule has 7 nitrogen and oxygen atoms in total. The lowest BCUT2D eigenvalue weighted by Crippen LogP contribution is -2.53. The molecule has 1 saturated carbocycles. The Balaban J connectivity index is 1.39. The first-order valence-electron chi connectivity index (χ1n) is 12.0. The summed E-state index contributed by atoms with van der Waals surface area (Å²) in [6, 6.07) is 8.03. The average Bonchev–Trinajstić information content (AvgIpc) is 3.44. The van der Waals surface area contributed by atoms with Gasteiger partial charge in [-0.05, 0) is 56.1 Å². The molecule has 0 spiro atoms. The zero-order valence-electron chi connectivity index (χ0n) is 19.2. The Kier molecular flexibility index (Phi) is 5.72. The third-order valence-electron chi connectivity index (χ3n) is 7.64. The van der Waals surface area contributed by atoms with Gasteiger partial charge in [0, 0.05) is 47.7 Å². The predicted octanol–water partition coefficient (Wildman–Crippen LogP) is 5.12. The number of benzene rings is 1. The number of likely N-dealkylation sites (tertiary alicyclic amines) is 1. The van der Waals surface area contributed by atoms with Crippen LogP contribution in [0, 0.1) is 18.8 Å². The molecule has 174 valence electrons. The van der Waals surface area contributed by atoms with Gasteiger partial charge in [0.2, 0.25) is 5.91 Å². The summed E-state index contributed by atoms with van der Waals surface area (Å²) >= 11 is 0. The number of aryl methyl sites for hydroxylation is 1. The van der Waals surface area contributed by atoms with Crippen LogP contribution in [0.25, 0.3) is 22.2 Å². The molecule has 2 aliphatic rings. The average molecular weight is 450 g/mol. The van der Waals surface area contributed by atoms with Crippen LogP contribution in [-0.2, 0) is 9.59 Å². The Hall–Kier alpha value is -3.09. The van der Waals surface area contributed by atoms with E-state index in [1.165, 1.54) is 0 Å². The van der Waals surface area contributed by atoms with Gasteiger partial charge in [0.05, 0.1) is 11.6 Å². The Labute approximate surface area is 193 Å². The zero-order valence-corrected chi connectivity index (χ0v) is 19.2. The van der Waals surface area contributed by atoms with E-state index in [0.717, 1.165) is 72.1 Å². The van der Waals surface area contributed by atoms with Gasteiger partial charge in [-0.25, -0.2) is 0 Å². The molecule has 2 N–H and O–H groups in total. The summed E-state index contributed by atoms with van der Waals surface area (Å²) in [4.78, 5) is 30.6. The lowest BCUT2D eigenvalue weighted by atomic mass is 9.71. The molecule has 0 radical (unpaired) electrons. The number of hydrogen-bond donors (Lipinski definition) is 2. The van der Waals surface area contributed by atoms with Crippen LogP contribution in [0.3, 0.4) is 0 Å². The topological polar surface area (TPSA) is 99.4 Å². The normalized spacial score (nSPS) is 23.9.